The zero-order valence-electron chi connectivity index (χ0n) is 11.7. The Morgan fingerprint density at radius 2 is 2.00 bits per heavy atom. The van der Waals surface area contributed by atoms with Crippen molar-refractivity contribution >= 4 is 11.5 Å². The molecule has 114 valence electrons. The SMILES string of the molecule is COc1ccccc1CNc1ccc2nnc(C(F)F)n2n1. The average Bonchev–Trinajstić information content (AvgIpc) is 2.96. The van der Waals surface area contributed by atoms with Gasteiger partial charge >= 0.3 is 0 Å². The average molecular weight is 305 g/mol. The molecule has 6 nitrogen and oxygen atoms in total. The Morgan fingerprint density at radius 1 is 1.18 bits per heavy atom. The minimum Gasteiger partial charge on any atom is -0.496 e. The quantitative estimate of drug-likeness (QED) is 0.785. The minimum atomic E-state index is -2.73. The van der Waals surface area contributed by atoms with Gasteiger partial charge in [-0.1, -0.05) is 18.2 Å². The van der Waals surface area contributed by atoms with Gasteiger partial charge in [-0.05, 0) is 18.2 Å². The highest BCUT2D eigenvalue weighted by Gasteiger charge is 2.16. The lowest BCUT2D eigenvalue weighted by Crippen LogP contribution is -2.06. The molecule has 1 aromatic carbocycles. The number of alkyl halides is 2. The summed E-state index contributed by atoms with van der Waals surface area (Å²) in [4.78, 5) is 0. The molecule has 2 heterocycles. The number of nitrogens with one attached hydrogen (secondary N) is 1. The number of benzene rings is 1. The van der Waals surface area contributed by atoms with E-state index in [1.54, 1.807) is 19.2 Å². The fourth-order valence-corrected chi connectivity index (χ4v) is 2.07. The first-order chi connectivity index (χ1) is 10.7. The van der Waals surface area contributed by atoms with Crippen molar-refractivity contribution in [1.29, 1.82) is 0 Å². The fourth-order valence-electron chi connectivity index (χ4n) is 2.07. The number of ether oxygens (including phenoxy) is 1. The zero-order valence-corrected chi connectivity index (χ0v) is 11.7. The van der Waals surface area contributed by atoms with Gasteiger partial charge in [0, 0.05) is 12.1 Å². The Labute approximate surface area is 124 Å². The van der Waals surface area contributed by atoms with Crippen LogP contribution in [0.5, 0.6) is 5.75 Å². The summed E-state index contributed by atoms with van der Waals surface area (Å²) in [5.41, 5.74) is 1.21. The molecule has 2 aromatic heterocycles. The number of hydrogen-bond acceptors (Lipinski definition) is 5. The van der Waals surface area contributed by atoms with Gasteiger partial charge in [-0.2, -0.15) is 4.52 Å². The van der Waals surface area contributed by atoms with Crippen LogP contribution in [0.4, 0.5) is 14.6 Å². The summed E-state index contributed by atoms with van der Waals surface area (Å²) in [5, 5.41) is 14.2. The number of hydrogen-bond donors (Lipinski definition) is 1. The van der Waals surface area contributed by atoms with Crippen LogP contribution in [0.3, 0.4) is 0 Å². The van der Waals surface area contributed by atoms with Gasteiger partial charge in [-0.3, -0.25) is 0 Å². The van der Waals surface area contributed by atoms with Gasteiger partial charge in [0.2, 0.25) is 5.82 Å². The normalized spacial score (nSPS) is 11.1. The van der Waals surface area contributed by atoms with Gasteiger partial charge in [-0.15, -0.1) is 15.3 Å². The number of fused-ring (bicyclic) bond motifs is 1. The number of para-hydroxylation sites is 1. The van der Waals surface area contributed by atoms with Crippen LogP contribution in [0, 0.1) is 0 Å². The fraction of sp³-hybridized carbons (Fsp3) is 0.214. The van der Waals surface area contributed by atoms with Crippen LogP contribution in [0.2, 0.25) is 0 Å². The maximum absolute atomic E-state index is 12.8. The van der Waals surface area contributed by atoms with Crippen LogP contribution in [0.1, 0.15) is 17.8 Å². The number of rotatable bonds is 5. The minimum absolute atomic E-state index is 0.276. The smallest absolute Gasteiger partial charge is 0.299 e. The molecule has 0 aliphatic heterocycles. The van der Waals surface area contributed by atoms with E-state index in [1.807, 2.05) is 24.3 Å². The second-order valence-corrected chi connectivity index (χ2v) is 4.51. The molecule has 1 N–H and O–H groups in total. The molecule has 0 saturated heterocycles. The third-order valence-electron chi connectivity index (χ3n) is 3.13. The molecule has 0 saturated carbocycles. The molecule has 8 heteroatoms. The summed E-state index contributed by atoms with van der Waals surface area (Å²) in [6.45, 7) is 0.453. The van der Waals surface area contributed by atoms with Gasteiger partial charge in [0.05, 0.1) is 7.11 Å². The van der Waals surface area contributed by atoms with Crippen molar-refractivity contribution < 1.29 is 13.5 Å². The number of halogens is 2. The molecule has 0 aliphatic rings. The second-order valence-electron chi connectivity index (χ2n) is 4.51. The highest BCUT2D eigenvalue weighted by atomic mass is 19.3. The Balaban J connectivity index is 1.83. The van der Waals surface area contributed by atoms with Crippen LogP contribution in [0.15, 0.2) is 36.4 Å². The van der Waals surface area contributed by atoms with Gasteiger partial charge in [-0.25, -0.2) is 8.78 Å². The van der Waals surface area contributed by atoms with Crippen molar-refractivity contribution in [2.75, 3.05) is 12.4 Å². The van der Waals surface area contributed by atoms with E-state index < -0.39 is 12.2 Å². The summed E-state index contributed by atoms with van der Waals surface area (Å²) in [7, 11) is 1.59. The number of nitrogens with zero attached hydrogens (tertiary/aromatic N) is 4. The van der Waals surface area contributed by atoms with E-state index in [-0.39, 0.29) is 5.65 Å². The standard InChI is InChI=1S/C14H13F2N5O/c1-22-10-5-3-2-4-9(10)8-17-11-6-7-12-18-19-14(13(15)16)21(12)20-11/h2-7,13H,8H2,1H3,(H,17,20). The van der Waals surface area contributed by atoms with Crippen molar-refractivity contribution in [1.82, 2.24) is 19.8 Å². The monoisotopic (exact) mass is 305 g/mol. The molecule has 0 radical (unpaired) electrons. The maximum atomic E-state index is 12.8. The van der Waals surface area contributed by atoms with Crippen LogP contribution in [-0.4, -0.2) is 26.9 Å². The van der Waals surface area contributed by atoms with Crippen molar-refractivity contribution in [3.05, 3.63) is 47.8 Å². The van der Waals surface area contributed by atoms with Crippen molar-refractivity contribution in [2.45, 2.75) is 13.0 Å². The molecule has 3 rings (SSSR count). The highest BCUT2D eigenvalue weighted by molar-refractivity contribution is 5.45. The Kier molecular flexibility index (Phi) is 3.82. The molecule has 0 bridgehead atoms. The third kappa shape index (κ3) is 2.67. The van der Waals surface area contributed by atoms with Crippen LogP contribution >= 0.6 is 0 Å². The lowest BCUT2D eigenvalue weighted by molar-refractivity contribution is 0.137. The lowest BCUT2D eigenvalue weighted by atomic mass is 10.2. The van der Waals surface area contributed by atoms with Gasteiger partial charge in [0.25, 0.3) is 6.43 Å². The van der Waals surface area contributed by atoms with E-state index in [2.05, 4.69) is 20.6 Å². The molecular formula is C14H13F2N5O. The summed E-state index contributed by atoms with van der Waals surface area (Å²) in [6, 6.07) is 10.8. The lowest BCUT2D eigenvalue weighted by Gasteiger charge is -2.10. The molecule has 0 unspecified atom stereocenters. The van der Waals surface area contributed by atoms with Crippen LogP contribution < -0.4 is 10.1 Å². The molecule has 0 atom stereocenters. The van der Waals surface area contributed by atoms with Crippen molar-refractivity contribution in [3.8, 4) is 5.75 Å². The zero-order chi connectivity index (χ0) is 15.5. The Bertz CT molecular complexity index is 790. The van der Waals surface area contributed by atoms with E-state index in [0.29, 0.717) is 12.4 Å². The molecule has 0 aliphatic carbocycles. The molecule has 3 aromatic rings. The Morgan fingerprint density at radius 3 is 2.77 bits per heavy atom. The van der Waals surface area contributed by atoms with Gasteiger partial charge in [0.1, 0.15) is 11.6 Å². The molecule has 0 spiro atoms. The van der Waals surface area contributed by atoms with Crippen LogP contribution in [0.25, 0.3) is 5.65 Å². The summed E-state index contributed by atoms with van der Waals surface area (Å²) in [6.07, 6.45) is -2.73. The van der Waals surface area contributed by atoms with Crippen molar-refractivity contribution in [2.24, 2.45) is 0 Å². The third-order valence-corrected chi connectivity index (χ3v) is 3.13. The first-order valence-electron chi connectivity index (χ1n) is 6.55. The predicted octanol–water partition coefficient (Wildman–Crippen LogP) is 2.68. The number of aromatic nitrogens is 4. The molecule has 0 amide bonds. The first kappa shape index (κ1) is 14.2. The largest absolute Gasteiger partial charge is 0.496 e. The Hall–Kier alpha value is -2.77. The second kappa shape index (κ2) is 5.92. The predicted molar refractivity (Wildman–Crippen MR) is 76.1 cm³/mol. The van der Waals surface area contributed by atoms with E-state index in [4.69, 9.17) is 4.74 Å². The van der Waals surface area contributed by atoms with Crippen molar-refractivity contribution in [3.63, 3.8) is 0 Å². The highest BCUT2D eigenvalue weighted by Crippen LogP contribution is 2.20. The maximum Gasteiger partial charge on any atom is 0.299 e. The van der Waals surface area contributed by atoms with Gasteiger partial charge < -0.3 is 10.1 Å². The van der Waals surface area contributed by atoms with E-state index >= 15 is 0 Å². The van der Waals surface area contributed by atoms with Crippen LogP contribution in [-0.2, 0) is 6.54 Å². The molecule has 0 fully saturated rings. The number of methoxy groups -OCH3 is 1. The number of anilines is 1. The molecular weight excluding hydrogens is 292 g/mol. The summed E-state index contributed by atoms with van der Waals surface area (Å²) >= 11 is 0. The molecule has 22 heavy (non-hydrogen) atoms. The first-order valence-corrected chi connectivity index (χ1v) is 6.55. The van der Waals surface area contributed by atoms with E-state index in [1.165, 1.54) is 0 Å². The van der Waals surface area contributed by atoms with E-state index in [9.17, 15) is 8.78 Å². The van der Waals surface area contributed by atoms with Gasteiger partial charge in [0.15, 0.2) is 5.65 Å². The summed E-state index contributed by atoms with van der Waals surface area (Å²) < 4.78 is 31.9. The van der Waals surface area contributed by atoms with E-state index in [0.717, 1.165) is 15.8 Å². The topological polar surface area (TPSA) is 64.3 Å². The summed E-state index contributed by atoms with van der Waals surface area (Å²) in [5.74, 6) is 0.713.